The van der Waals surface area contributed by atoms with E-state index in [2.05, 4.69) is 25.6 Å². The molecule has 0 radical (unpaired) electrons. The number of nitrogens with one attached hydrogen (secondary N) is 2. The maximum Gasteiger partial charge on any atom is 0.255 e. The van der Waals surface area contributed by atoms with E-state index >= 15 is 0 Å². The molecule has 0 saturated carbocycles. The zero-order valence-electron chi connectivity index (χ0n) is 13.0. The van der Waals surface area contributed by atoms with Crippen molar-refractivity contribution in [2.45, 2.75) is 23.3 Å². The molecule has 0 amide bonds. The molecule has 0 saturated heterocycles. The van der Waals surface area contributed by atoms with Crippen molar-refractivity contribution >= 4 is 29.5 Å². The SMILES string of the molecule is N#CNC(=NCCCSc1ncco1)NCCCSc1ncco1. The predicted molar refractivity (Wildman–Crippen MR) is 92.7 cm³/mol. The van der Waals surface area contributed by atoms with Gasteiger partial charge in [0, 0.05) is 24.6 Å². The van der Waals surface area contributed by atoms with Crippen molar-refractivity contribution in [2.24, 2.45) is 4.99 Å². The average molecular weight is 366 g/mol. The van der Waals surface area contributed by atoms with E-state index < -0.39 is 0 Å². The second-order valence-corrected chi connectivity index (χ2v) is 6.49. The zero-order chi connectivity index (χ0) is 16.9. The van der Waals surface area contributed by atoms with E-state index in [9.17, 15) is 0 Å². The van der Waals surface area contributed by atoms with Crippen molar-refractivity contribution < 1.29 is 8.83 Å². The predicted octanol–water partition coefficient (Wildman–Crippen LogP) is 2.34. The minimum absolute atomic E-state index is 0.500. The van der Waals surface area contributed by atoms with Gasteiger partial charge in [-0.2, -0.15) is 5.26 Å². The summed E-state index contributed by atoms with van der Waals surface area (Å²) in [5.74, 6) is 2.23. The van der Waals surface area contributed by atoms with Crippen LogP contribution in [0.1, 0.15) is 12.8 Å². The number of oxazole rings is 2. The lowest BCUT2D eigenvalue weighted by molar-refractivity contribution is 0.454. The van der Waals surface area contributed by atoms with Gasteiger partial charge in [0.1, 0.15) is 12.5 Å². The van der Waals surface area contributed by atoms with Crippen LogP contribution in [0.15, 0.2) is 49.2 Å². The minimum Gasteiger partial charge on any atom is -0.440 e. The molecule has 10 heteroatoms. The number of aliphatic imine (C=N–C) groups is 1. The first-order valence-electron chi connectivity index (χ1n) is 7.36. The van der Waals surface area contributed by atoms with Crippen LogP contribution in [0.2, 0.25) is 0 Å². The number of guanidine groups is 1. The fourth-order valence-electron chi connectivity index (χ4n) is 1.61. The van der Waals surface area contributed by atoms with Crippen LogP contribution in [0.3, 0.4) is 0 Å². The lowest BCUT2D eigenvalue weighted by Gasteiger charge is -2.07. The molecule has 0 bridgehead atoms. The van der Waals surface area contributed by atoms with Gasteiger partial charge in [0.05, 0.1) is 12.4 Å². The Balaban J connectivity index is 1.56. The van der Waals surface area contributed by atoms with Gasteiger partial charge in [-0.15, -0.1) is 0 Å². The summed E-state index contributed by atoms with van der Waals surface area (Å²) >= 11 is 3.10. The Morgan fingerprint density at radius 1 is 1.12 bits per heavy atom. The third kappa shape index (κ3) is 7.43. The van der Waals surface area contributed by atoms with Crippen LogP contribution in [0.5, 0.6) is 0 Å². The summed E-state index contributed by atoms with van der Waals surface area (Å²) in [6.07, 6.45) is 10.0. The van der Waals surface area contributed by atoms with Crippen LogP contribution >= 0.6 is 23.5 Å². The molecule has 0 aromatic carbocycles. The third-order valence-corrected chi connectivity index (χ3v) is 4.51. The number of hydrogen-bond donors (Lipinski definition) is 2. The van der Waals surface area contributed by atoms with E-state index in [0.717, 1.165) is 24.3 Å². The van der Waals surface area contributed by atoms with Crippen molar-refractivity contribution in [3.05, 3.63) is 24.9 Å². The van der Waals surface area contributed by atoms with Gasteiger partial charge in [0.25, 0.3) is 10.4 Å². The van der Waals surface area contributed by atoms with Crippen molar-refractivity contribution in [1.82, 2.24) is 20.6 Å². The van der Waals surface area contributed by atoms with Crippen molar-refractivity contribution in [2.75, 3.05) is 24.6 Å². The highest BCUT2D eigenvalue weighted by molar-refractivity contribution is 7.99. The van der Waals surface area contributed by atoms with Gasteiger partial charge < -0.3 is 14.2 Å². The van der Waals surface area contributed by atoms with E-state index in [1.807, 2.05) is 6.19 Å². The molecule has 128 valence electrons. The number of aromatic nitrogens is 2. The maximum atomic E-state index is 8.76. The number of hydrogen-bond acceptors (Lipinski definition) is 8. The normalized spacial score (nSPS) is 11.2. The van der Waals surface area contributed by atoms with E-state index in [4.69, 9.17) is 14.1 Å². The molecule has 2 heterocycles. The minimum atomic E-state index is 0.500. The number of nitriles is 1. The summed E-state index contributed by atoms with van der Waals surface area (Å²) in [6.45, 7) is 1.34. The molecule has 2 rings (SSSR count). The Morgan fingerprint density at radius 3 is 2.38 bits per heavy atom. The molecule has 0 atom stereocenters. The smallest absolute Gasteiger partial charge is 0.255 e. The van der Waals surface area contributed by atoms with E-state index in [1.165, 1.54) is 0 Å². The highest BCUT2D eigenvalue weighted by atomic mass is 32.2. The molecular weight excluding hydrogens is 348 g/mol. The largest absolute Gasteiger partial charge is 0.440 e. The third-order valence-electron chi connectivity index (χ3n) is 2.63. The van der Waals surface area contributed by atoms with Crippen LogP contribution in [-0.2, 0) is 0 Å². The first-order valence-corrected chi connectivity index (χ1v) is 9.33. The number of nitrogens with zero attached hydrogens (tertiary/aromatic N) is 4. The maximum absolute atomic E-state index is 8.76. The molecule has 2 aromatic rings. The van der Waals surface area contributed by atoms with E-state index in [-0.39, 0.29) is 0 Å². The first-order chi connectivity index (χ1) is 11.9. The van der Waals surface area contributed by atoms with Gasteiger partial charge in [-0.25, -0.2) is 9.97 Å². The van der Waals surface area contributed by atoms with Crippen LogP contribution in [0.4, 0.5) is 0 Å². The highest BCUT2D eigenvalue weighted by Crippen LogP contribution is 2.15. The quantitative estimate of drug-likeness (QED) is 0.163. The van der Waals surface area contributed by atoms with Gasteiger partial charge in [-0.1, -0.05) is 23.5 Å². The summed E-state index contributed by atoms with van der Waals surface area (Å²) in [5.41, 5.74) is 0. The average Bonchev–Trinajstić information content (AvgIpc) is 3.27. The molecule has 0 fully saturated rings. The molecule has 8 nitrogen and oxygen atoms in total. The Hall–Kier alpha value is -2.12. The first kappa shape index (κ1) is 18.2. The van der Waals surface area contributed by atoms with Crippen molar-refractivity contribution in [3.8, 4) is 6.19 Å². The Bertz CT molecular complexity index is 624. The van der Waals surface area contributed by atoms with Crippen LogP contribution in [0, 0.1) is 11.5 Å². The van der Waals surface area contributed by atoms with Crippen LogP contribution in [-0.4, -0.2) is 40.5 Å². The monoisotopic (exact) mass is 366 g/mol. The van der Waals surface area contributed by atoms with Gasteiger partial charge in [-0.05, 0) is 12.8 Å². The fourth-order valence-corrected chi connectivity index (χ4v) is 3.04. The Labute approximate surface area is 148 Å². The molecule has 0 unspecified atom stereocenters. The molecule has 0 aliphatic rings. The second kappa shape index (κ2) is 11.4. The van der Waals surface area contributed by atoms with Gasteiger partial charge in [0.15, 0.2) is 6.19 Å². The number of thioether (sulfide) groups is 2. The molecule has 0 aliphatic carbocycles. The summed E-state index contributed by atoms with van der Waals surface area (Å²) < 4.78 is 10.3. The summed E-state index contributed by atoms with van der Waals surface area (Å²) in [6, 6.07) is 0. The standard InChI is InChI=1S/C14H18N6O2S2/c15-11-20-12(16-3-1-9-23-13-18-5-7-21-13)17-4-2-10-24-14-19-6-8-22-14/h5-8H,1-4,9-10H2,(H2,16,17,20). The summed E-state index contributed by atoms with van der Waals surface area (Å²) in [4.78, 5) is 12.4. The van der Waals surface area contributed by atoms with Crippen molar-refractivity contribution in [3.63, 3.8) is 0 Å². The van der Waals surface area contributed by atoms with Crippen molar-refractivity contribution in [1.29, 1.82) is 5.26 Å². The topological polar surface area (TPSA) is 112 Å². The summed E-state index contributed by atoms with van der Waals surface area (Å²) in [7, 11) is 0. The summed E-state index contributed by atoms with van der Waals surface area (Å²) in [5, 5.41) is 15.8. The Morgan fingerprint density at radius 2 is 1.79 bits per heavy atom. The van der Waals surface area contributed by atoms with Gasteiger partial charge in [-0.3, -0.25) is 10.3 Å². The van der Waals surface area contributed by atoms with E-state index in [0.29, 0.717) is 29.5 Å². The second-order valence-electron chi connectivity index (χ2n) is 4.39. The zero-order valence-corrected chi connectivity index (χ0v) is 14.6. The highest BCUT2D eigenvalue weighted by Gasteiger charge is 2.01. The molecule has 0 aliphatic heterocycles. The van der Waals surface area contributed by atoms with Crippen LogP contribution in [0.25, 0.3) is 0 Å². The molecule has 2 aromatic heterocycles. The number of rotatable bonds is 10. The molecule has 0 spiro atoms. The Kier molecular flexibility index (Phi) is 8.67. The fraction of sp³-hybridized carbons (Fsp3) is 0.429. The lowest BCUT2D eigenvalue weighted by Crippen LogP contribution is -2.35. The van der Waals surface area contributed by atoms with Crippen LogP contribution < -0.4 is 10.6 Å². The molecule has 24 heavy (non-hydrogen) atoms. The molecular formula is C14H18N6O2S2. The van der Waals surface area contributed by atoms with Gasteiger partial charge in [0.2, 0.25) is 5.96 Å². The van der Waals surface area contributed by atoms with Gasteiger partial charge >= 0.3 is 0 Å². The molecule has 2 N–H and O–H groups in total. The van der Waals surface area contributed by atoms with E-state index in [1.54, 1.807) is 48.4 Å². The lowest BCUT2D eigenvalue weighted by atomic mass is 10.5.